The Morgan fingerprint density at radius 1 is 1.39 bits per heavy atom. The molecular formula is C12H16O6. The molecule has 0 aliphatic heterocycles. The number of rotatable bonds is 7. The molecule has 18 heavy (non-hydrogen) atoms. The first kappa shape index (κ1) is 16.0. The van der Waals surface area contributed by atoms with Crippen molar-refractivity contribution in [2.75, 3.05) is 13.7 Å². The Morgan fingerprint density at radius 3 is 2.39 bits per heavy atom. The molecule has 0 heterocycles. The standard InChI is InChI=1S/C12H16O6/c1-4-7-12(10(14)15,11(16)17-3)8-6-9(13)18-5-2/h1H,5-8H2,2-3H3,(H,14,15). The van der Waals surface area contributed by atoms with E-state index >= 15 is 0 Å². The first-order valence-corrected chi connectivity index (χ1v) is 5.35. The zero-order valence-corrected chi connectivity index (χ0v) is 10.4. The number of carbonyl (C=O) groups is 3. The van der Waals surface area contributed by atoms with Crippen LogP contribution in [-0.4, -0.2) is 36.7 Å². The first-order chi connectivity index (χ1) is 8.44. The van der Waals surface area contributed by atoms with Crippen molar-refractivity contribution < 1.29 is 29.0 Å². The zero-order valence-electron chi connectivity index (χ0n) is 10.4. The number of aliphatic carboxylic acids is 1. The van der Waals surface area contributed by atoms with Gasteiger partial charge in [0.15, 0.2) is 5.41 Å². The van der Waals surface area contributed by atoms with Crippen LogP contribution in [0.5, 0.6) is 0 Å². The number of hydrogen-bond acceptors (Lipinski definition) is 5. The molecule has 1 atom stereocenters. The van der Waals surface area contributed by atoms with Crippen LogP contribution in [0.4, 0.5) is 0 Å². The van der Waals surface area contributed by atoms with Crippen molar-refractivity contribution >= 4 is 17.9 Å². The summed E-state index contributed by atoms with van der Waals surface area (Å²) in [6.45, 7) is 1.82. The lowest BCUT2D eigenvalue weighted by Gasteiger charge is -2.23. The first-order valence-electron chi connectivity index (χ1n) is 5.35. The molecule has 0 aliphatic carbocycles. The molecule has 1 N–H and O–H groups in total. The van der Waals surface area contributed by atoms with E-state index in [1.54, 1.807) is 6.92 Å². The highest BCUT2D eigenvalue weighted by atomic mass is 16.5. The second-order valence-corrected chi connectivity index (χ2v) is 3.56. The van der Waals surface area contributed by atoms with E-state index in [0.29, 0.717) is 0 Å². The molecule has 0 spiro atoms. The lowest BCUT2D eigenvalue weighted by Crippen LogP contribution is -2.40. The van der Waals surface area contributed by atoms with Gasteiger partial charge in [0.05, 0.1) is 13.7 Å². The number of esters is 2. The maximum Gasteiger partial charge on any atom is 0.324 e. The predicted octanol–water partition coefficient (Wildman–Crippen LogP) is 0.597. The Kier molecular flexibility index (Phi) is 6.50. The van der Waals surface area contributed by atoms with Crippen LogP contribution in [0.25, 0.3) is 0 Å². The number of carboxylic acid groups (broad SMARTS) is 1. The number of terminal acetylenes is 1. The number of hydrogen-bond donors (Lipinski definition) is 1. The second kappa shape index (κ2) is 7.33. The Hall–Kier alpha value is -2.03. The van der Waals surface area contributed by atoms with Gasteiger partial charge < -0.3 is 14.6 Å². The van der Waals surface area contributed by atoms with Crippen molar-refractivity contribution in [3.63, 3.8) is 0 Å². The van der Waals surface area contributed by atoms with Crippen LogP contribution < -0.4 is 0 Å². The molecular weight excluding hydrogens is 240 g/mol. The molecule has 0 rings (SSSR count). The van der Waals surface area contributed by atoms with Gasteiger partial charge in [-0.2, -0.15) is 0 Å². The number of ether oxygens (including phenoxy) is 2. The zero-order chi connectivity index (χ0) is 14.2. The highest BCUT2D eigenvalue weighted by Gasteiger charge is 2.47. The van der Waals surface area contributed by atoms with Crippen LogP contribution in [0.2, 0.25) is 0 Å². The monoisotopic (exact) mass is 256 g/mol. The average Bonchev–Trinajstić information content (AvgIpc) is 2.33. The third kappa shape index (κ3) is 3.77. The van der Waals surface area contributed by atoms with E-state index in [9.17, 15) is 14.4 Å². The Labute approximate surface area is 105 Å². The molecule has 6 heteroatoms. The minimum absolute atomic E-state index is 0.187. The maximum atomic E-state index is 11.6. The number of methoxy groups -OCH3 is 1. The van der Waals surface area contributed by atoms with Crippen molar-refractivity contribution in [2.45, 2.75) is 26.2 Å². The lowest BCUT2D eigenvalue weighted by molar-refractivity contribution is -0.167. The molecule has 0 aromatic heterocycles. The number of carbonyl (C=O) groups excluding carboxylic acids is 2. The van der Waals surface area contributed by atoms with Gasteiger partial charge >= 0.3 is 17.9 Å². The molecule has 0 saturated heterocycles. The summed E-state index contributed by atoms with van der Waals surface area (Å²) < 4.78 is 9.13. The molecule has 0 aromatic rings. The van der Waals surface area contributed by atoms with Gasteiger partial charge in [0.1, 0.15) is 0 Å². The van der Waals surface area contributed by atoms with Crippen LogP contribution in [0.3, 0.4) is 0 Å². The Balaban J connectivity index is 4.97. The van der Waals surface area contributed by atoms with E-state index in [4.69, 9.17) is 11.5 Å². The van der Waals surface area contributed by atoms with E-state index in [0.717, 1.165) is 7.11 Å². The quantitative estimate of drug-likeness (QED) is 0.407. The normalized spacial score (nSPS) is 12.9. The molecule has 0 aliphatic rings. The molecule has 0 saturated carbocycles. The fourth-order valence-corrected chi connectivity index (χ4v) is 1.45. The van der Waals surface area contributed by atoms with Gasteiger partial charge in [-0.3, -0.25) is 14.4 Å². The fraction of sp³-hybridized carbons (Fsp3) is 0.583. The van der Waals surface area contributed by atoms with Crippen LogP contribution >= 0.6 is 0 Å². The van der Waals surface area contributed by atoms with Crippen molar-refractivity contribution in [2.24, 2.45) is 5.41 Å². The van der Waals surface area contributed by atoms with Crippen molar-refractivity contribution in [3.05, 3.63) is 0 Å². The second-order valence-electron chi connectivity index (χ2n) is 3.56. The van der Waals surface area contributed by atoms with E-state index < -0.39 is 23.3 Å². The Bertz CT molecular complexity index is 367. The van der Waals surface area contributed by atoms with Gasteiger partial charge in [0.25, 0.3) is 0 Å². The molecule has 6 nitrogen and oxygen atoms in total. The summed E-state index contributed by atoms with van der Waals surface area (Å²) in [4.78, 5) is 34.0. The number of carboxylic acids is 1. The average molecular weight is 256 g/mol. The topological polar surface area (TPSA) is 89.9 Å². The van der Waals surface area contributed by atoms with E-state index in [1.807, 2.05) is 0 Å². The summed E-state index contributed by atoms with van der Waals surface area (Å²) >= 11 is 0. The lowest BCUT2D eigenvalue weighted by atomic mass is 9.80. The molecule has 0 radical (unpaired) electrons. The summed E-state index contributed by atoms with van der Waals surface area (Å²) in [6, 6.07) is 0. The highest BCUT2D eigenvalue weighted by Crippen LogP contribution is 2.30. The highest BCUT2D eigenvalue weighted by molar-refractivity contribution is 5.99. The largest absolute Gasteiger partial charge is 0.480 e. The minimum Gasteiger partial charge on any atom is -0.480 e. The van der Waals surface area contributed by atoms with Crippen molar-refractivity contribution in [1.29, 1.82) is 0 Å². The minimum atomic E-state index is -1.89. The smallest absolute Gasteiger partial charge is 0.324 e. The van der Waals surface area contributed by atoms with Crippen LogP contribution in [0, 0.1) is 17.8 Å². The van der Waals surface area contributed by atoms with Gasteiger partial charge in [-0.25, -0.2) is 0 Å². The molecule has 0 bridgehead atoms. The Morgan fingerprint density at radius 2 is 2.00 bits per heavy atom. The van der Waals surface area contributed by atoms with Gasteiger partial charge in [-0.15, -0.1) is 12.3 Å². The van der Waals surface area contributed by atoms with Gasteiger partial charge in [0.2, 0.25) is 0 Å². The van der Waals surface area contributed by atoms with E-state index in [-0.39, 0.29) is 25.9 Å². The summed E-state index contributed by atoms with van der Waals surface area (Å²) in [5.74, 6) is -0.819. The summed E-state index contributed by atoms with van der Waals surface area (Å²) in [6.07, 6.45) is 4.27. The summed E-state index contributed by atoms with van der Waals surface area (Å²) in [5.41, 5.74) is -1.89. The van der Waals surface area contributed by atoms with Crippen LogP contribution in [-0.2, 0) is 23.9 Å². The molecule has 100 valence electrons. The van der Waals surface area contributed by atoms with Crippen LogP contribution in [0.1, 0.15) is 26.2 Å². The van der Waals surface area contributed by atoms with Gasteiger partial charge in [-0.05, 0) is 13.3 Å². The molecule has 0 fully saturated rings. The molecule has 0 amide bonds. The van der Waals surface area contributed by atoms with Crippen LogP contribution in [0.15, 0.2) is 0 Å². The maximum absolute atomic E-state index is 11.6. The van der Waals surface area contributed by atoms with E-state index in [1.165, 1.54) is 0 Å². The molecule has 1 unspecified atom stereocenters. The third-order valence-electron chi connectivity index (χ3n) is 2.45. The van der Waals surface area contributed by atoms with Crippen molar-refractivity contribution in [3.8, 4) is 12.3 Å². The summed E-state index contributed by atoms with van der Waals surface area (Å²) in [5, 5.41) is 9.15. The van der Waals surface area contributed by atoms with Gasteiger partial charge in [-0.1, -0.05) is 0 Å². The fourth-order valence-electron chi connectivity index (χ4n) is 1.45. The van der Waals surface area contributed by atoms with Crippen molar-refractivity contribution in [1.82, 2.24) is 0 Å². The predicted molar refractivity (Wildman–Crippen MR) is 61.4 cm³/mol. The molecule has 0 aromatic carbocycles. The third-order valence-corrected chi connectivity index (χ3v) is 2.45. The summed E-state index contributed by atoms with van der Waals surface area (Å²) in [7, 11) is 1.07. The SMILES string of the molecule is C#CCC(CCC(=O)OCC)(C(=O)O)C(=O)OC. The van der Waals surface area contributed by atoms with E-state index in [2.05, 4.69) is 15.4 Å². The van der Waals surface area contributed by atoms with Gasteiger partial charge in [0, 0.05) is 12.8 Å².